The summed E-state index contributed by atoms with van der Waals surface area (Å²) in [5.41, 5.74) is 3.73. The van der Waals surface area contributed by atoms with Crippen molar-refractivity contribution in [1.82, 2.24) is 5.43 Å². The third kappa shape index (κ3) is 4.49. The van der Waals surface area contributed by atoms with Crippen LogP contribution < -0.4 is 19.6 Å². The SMILES string of the molecule is CCOc1ccc(C=NNC(=O)c2cccc(OC)c2)cc1OC. The average Bonchev–Trinajstić information content (AvgIpc) is 2.63. The molecule has 0 fully saturated rings. The molecule has 0 aromatic heterocycles. The highest BCUT2D eigenvalue weighted by atomic mass is 16.5. The molecule has 0 aliphatic rings. The largest absolute Gasteiger partial charge is 0.497 e. The lowest BCUT2D eigenvalue weighted by Gasteiger charge is -2.09. The molecule has 2 aromatic carbocycles. The van der Waals surface area contributed by atoms with E-state index in [1.807, 2.05) is 13.0 Å². The maximum absolute atomic E-state index is 12.0. The van der Waals surface area contributed by atoms with Crippen LogP contribution in [0, 0.1) is 0 Å². The van der Waals surface area contributed by atoms with E-state index in [4.69, 9.17) is 14.2 Å². The summed E-state index contributed by atoms with van der Waals surface area (Å²) in [7, 11) is 3.12. The Morgan fingerprint density at radius 1 is 1.12 bits per heavy atom. The lowest BCUT2D eigenvalue weighted by atomic mass is 10.2. The molecule has 0 bridgehead atoms. The number of benzene rings is 2. The zero-order valence-corrected chi connectivity index (χ0v) is 13.9. The first-order valence-corrected chi connectivity index (χ1v) is 7.46. The molecule has 24 heavy (non-hydrogen) atoms. The van der Waals surface area contributed by atoms with E-state index in [2.05, 4.69) is 10.5 Å². The van der Waals surface area contributed by atoms with Crippen LogP contribution in [0.5, 0.6) is 17.2 Å². The number of nitrogens with zero attached hydrogens (tertiary/aromatic N) is 1. The van der Waals surface area contributed by atoms with Crippen molar-refractivity contribution >= 4 is 12.1 Å². The molecule has 0 saturated heterocycles. The molecule has 0 heterocycles. The van der Waals surface area contributed by atoms with Gasteiger partial charge >= 0.3 is 0 Å². The summed E-state index contributed by atoms with van der Waals surface area (Å²) >= 11 is 0. The molecule has 6 heteroatoms. The highest BCUT2D eigenvalue weighted by Gasteiger charge is 2.06. The summed E-state index contributed by atoms with van der Waals surface area (Å²) < 4.78 is 15.8. The minimum absolute atomic E-state index is 0.317. The van der Waals surface area contributed by atoms with Crippen molar-refractivity contribution in [1.29, 1.82) is 0 Å². The topological polar surface area (TPSA) is 69.2 Å². The van der Waals surface area contributed by atoms with Gasteiger partial charge in [0.15, 0.2) is 11.5 Å². The zero-order valence-electron chi connectivity index (χ0n) is 13.9. The van der Waals surface area contributed by atoms with Gasteiger partial charge in [0.1, 0.15) is 5.75 Å². The molecular weight excluding hydrogens is 308 g/mol. The highest BCUT2D eigenvalue weighted by molar-refractivity contribution is 5.95. The van der Waals surface area contributed by atoms with Gasteiger partial charge in [-0.3, -0.25) is 4.79 Å². The van der Waals surface area contributed by atoms with Crippen molar-refractivity contribution < 1.29 is 19.0 Å². The standard InChI is InChI=1S/C18H20N2O4/c1-4-24-16-9-8-13(10-17(16)23-3)12-19-20-18(21)14-6-5-7-15(11-14)22-2/h5-12H,4H2,1-3H3,(H,20,21). The second-order valence-corrected chi connectivity index (χ2v) is 4.77. The van der Waals surface area contributed by atoms with E-state index in [-0.39, 0.29) is 5.91 Å². The molecule has 2 rings (SSSR count). The summed E-state index contributed by atoms with van der Waals surface area (Å²) in [5.74, 6) is 1.57. The fraction of sp³-hybridized carbons (Fsp3) is 0.222. The van der Waals surface area contributed by atoms with Gasteiger partial charge in [-0.2, -0.15) is 5.10 Å². The first-order valence-electron chi connectivity index (χ1n) is 7.46. The second kappa shape index (κ2) is 8.57. The summed E-state index contributed by atoms with van der Waals surface area (Å²) in [5, 5.41) is 3.96. The maximum atomic E-state index is 12.0. The first kappa shape index (κ1) is 17.3. The van der Waals surface area contributed by atoms with Crippen LogP contribution in [0.4, 0.5) is 0 Å². The van der Waals surface area contributed by atoms with Crippen molar-refractivity contribution in [3.63, 3.8) is 0 Å². The van der Waals surface area contributed by atoms with E-state index >= 15 is 0 Å². The Labute approximate surface area is 141 Å². The number of carbonyl (C=O) groups excluding carboxylic acids is 1. The second-order valence-electron chi connectivity index (χ2n) is 4.77. The third-order valence-corrected chi connectivity index (χ3v) is 3.20. The lowest BCUT2D eigenvalue weighted by Crippen LogP contribution is -2.17. The molecule has 1 amide bonds. The molecule has 0 saturated carbocycles. The van der Waals surface area contributed by atoms with E-state index < -0.39 is 0 Å². The number of methoxy groups -OCH3 is 2. The van der Waals surface area contributed by atoms with Gasteiger partial charge in [0.25, 0.3) is 5.91 Å². The van der Waals surface area contributed by atoms with Crippen LogP contribution in [0.2, 0.25) is 0 Å². The number of rotatable bonds is 7. The Morgan fingerprint density at radius 3 is 2.67 bits per heavy atom. The molecule has 0 radical (unpaired) electrons. The number of hydrogen-bond acceptors (Lipinski definition) is 5. The van der Waals surface area contributed by atoms with E-state index in [1.165, 1.54) is 6.21 Å². The number of carbonyl (C=O) groups is 1. The third-order valence-electron chi connectivity index (χ3n) is 3.20. The van der Waals surface area contributed by atoms with E-state index in [0.29, 0.717) is 29.4 Å². The molecule has 0 spiro atoms. The molecule has 1 N–H and O–H groups in total. The molecule has 2 aromatic rings. The number of hydrazone groups is 1. The van der Waals surface area contributed by atoms with Crippen molar-refractivity contribution in [3.05, 3.63) is 53.6 Å². The quantitative estimate of drug-likeness (QED) is 0.627. The van der Waals surface area contributed by atoms with Crippen molar-refractivity contribution in [2.45, 2.75) is 6.92 Å². The Kier molecular flexibility index (Phi) is 6.19. The van der Waals surface area contributed by atoms with Crippen LogP contribution in [0.3, 0.4) is 0 Å². The van der Waals surface area contributed by atoms with Gasteiger partial charge in [0, 0.05) is 5.56 Å². The number of hydrogen-bond donors (Lipinski definition) is 1. The van der Waals surface area contributed by atoms with Crippen LogP contribution in [-0.4, -0.2) is 32.9 Å². The summed E-state index contributed by atoms with van der Waals surface area (Å²) in [6.07, 6.45) is 1.54. The van der Waals surface area contributed by atoms with Gasteiger partial charge in [-0.05, 0) is 48.9 Å². The van der Waals surface area contributed by atoms with Crippen LogP contribution in [-0.2, 0) is 0 Å². The maximum Gasteiger partial charge on any atom is 0.271 e. The predicted octanol–water partition coefficient (Wildman–Crippen LogP) is 2.87. The molecule has 0 unspecified atom stereocenters. The van der Waals surface area contributed by atoms with Gasteiger partial charge in [0.2, 0.25) is 0 Å². The van der Waals surface area contributed by atoms with Gasteiger partial charge in [-0.25, -0.2) is 5.43 Å². The molecular formula is C18H20N2O4. The Hall–Kier alpha value is -3.02. The molecule has 126 valence electrons. The minimum Gasteiger partial charge on any atom is -0.497 e. The number of nitrogens with one attached hydrogen (secondary N) is 1. The molecule has 6 nitrogen and oxygen atoms in total. The van der Waals surface area contributed by atoms with Crippen LogP contribution in [0.25, 0.3) is 0 Å². The molecule has 0 aliphatic heterocycles. The van der Waals surface area contributed by atoms with Gasteiger partial charge in [-0.1, -0.05) is 6.07 Å². The average molecular weight is 328 g/mol. The van der Waals surface area contributed by atoms with Crippen LogP contribution in [0.15, 0.2) is 47.6 Å². The monoisotopic (exact) mass is 328 g/mol. The van der Waals surface area contributed by atoms with Gasteiger partial charge in [-0.15, -0.1) is 0 Å². The van der Waals surface area contributed by atoms with E-state index in [0.717, 1.165) is 5.56 Å². The molecule has 0 atom stereocenters. The van der Waals surface area contributed by atoms with Crippen LogP contribution >= 0.6 is 0 Å². The molecule has 0 aliphatic carbocycles. The smallest absolute Gasteiger partial charge is 0.271 e. The van der Waals surface area contributed by atoms with E-state index in [1.54, 1.807) is 50.6 Å². The minimum atomic E-state index is -0.317. The summed E-state index contributed by atoms with van der Waals surface area (Å²) in [6, 6.07) is 12.3. The van der Waals surface area contributed by atoms with Crippen LogP contribution in [0.1, 0.15) is 22.8 Å². The highest BCUT2D eigenvalue weighted by Crippen LogP contribution is 2.27. The Morgan fingerprint density at radius 2 is 1.96 bits per heavy atom. The number of ether oxygens (including phenoxy) is 3. The fourth-order valence-electron chi connectivity index (χ4n) is 2.03. The van der Waals surface area contributed by atoms with Gasteiger partial charge in [0.05, 0.1) is 27.0 Å². The van der Waals surface area contributed by atoms with E-state index in [9.17, 15) is 4.79 Å². The van der Waals surface area contributed by atoms with Crippen molar-refractivity contribution in [3.8, 4) is 17.2 Å². The first-order chi connectivity index (χ1) is 11.7. The van der Waals surface area contributed by atoms with Gasteiger partial charge < -0.3 is 14.2 Å². The normalized spacial score (nSPS) is 10.5. The summed E-state index contributed by atoms with van der Waals surface area (Å²) in [4.78, 5) is 12.0. The zero-order chi connectivity index (χ0) is 17.4. The fourth-order valence-corrected chi connectivity index (χ4v) is 2.03. The summed E-state index contributed by atoms with van der Waals surface area (Å²) in [6.45, 7) is 2.46. The lowest BCUT2D eigenvalue weighted by molar-refractivity contribution is 0.0955. The Balaban J connectivity index is 2.04. The Bertz CT molecular complexity index is 729. The number of amides is 1. The van der Waals surface area contributed by atoms with Crippen molar-refractivity contribution in [2.75, 3.05) is 20.8 Å². The predicted molar refractivity (Wildman–Crippen MR) is 92.2 cm³/mol. The van der Waals surface area contributed by atoms with Crippen molar-refractivity contribution in [2.24, 2.45) is 5.10 Å².